The molecule has 8 heteroatoms. The molecule has 1 aromatic carbocycles. The van der Waals surface area contributed by atoms with E-state index in [2.05, 4.69) is 9.88 Å². The number of Topliss-reactive ketones (excluding diaryl/α,β-unsaturated/α-hetero) is 1. The fourth-order valence-corrected chi connectivity index (χ4v) is 5.27. The van der Waals surface area contributed by atoms with E-state index < -0.39 is 9.84 Å². The number of piperidine rings is 1. The summed E-state index contributed by atoms with van der Waals surface area (Å²) in [5.74, 6) is 0.269. The number of methoxy groups -OCH3 is 1. The topological polar surface area (TPSA) is 81.5 Å². The molecule has 0 spiro atoms. The third kappa shape index (κ3) is 5.56. The number of benzene rings is 1. The second-order valence-corrected chi connectivity index (χ2v) is 9.81. The lowest BCUT2D eigenvalue weighted by atomic mass is 9.92. The molecule has 2 heterocycles. The van der Waals surface area contributed by atoms with Gasteiger partial charge >= 0.3 is 0 Å². The number of ether oxygens (including phenoxy) is 1. The van der Waals surface area contributed by atoms with Gasteiger partial charge in [0.1, 0.15) is 5.78 Å². The number of hydrogen-bond donors (Lipinski definition) is 0. The van der Waals surface area contributed by atoms with Crippen molar-refractivity contribution in [2.24, 2.45) is 5.92 Å². The molecule has 30 heavy (non-hydrogen) atoms. The zero-order chi connectivity index (χ0) is 21.6. The standard InChI is InChI=1S/C22H31N3O4S/c1-3-21(26)19-10-7-11-24(16-19)17-20-14-23-22(30(27,28)13-12-29-2)25(20)15-18-8-5-4-6-9-18/h4-6,8-9,14,19H,3,7,10-13,15-17H2,1-2H3/t19-/m1/s1. The van der Waals surface area contributed by atoms with Gasteiger partial charge in [0.15, 0.2) is 0 Å². The number of rotatable bonds is 10. The fourth-order valence-electron chi connectivity index (χ4n) is 3.97. The van der Waals surface area contributed by atoms with Crippen LogP contribution in [0, 0.1) is 5.92 Å². The van der Waals surface area contributed by atoms with Gasteiger partial charge < -0.3 is 9.30 Å². The zero-order valence-corrected chi connectivity index (χ0v) is 18.6. The van der Waals surface area contributed by atoms with Crippen molar-refractivity contribution in [2.45, 2.75) is 44.4 Å². The molecule has 1 saturated heterocycles. The molecular weight excluding hydrogens is 402 g/mol. The quantitative estimate of drug-likeness (QED) is 0.573. The SMILES string of the molecule is CCC(=O)[C@@H]1CCCN(Cc2cnc(S(=O)(=O)CCOC)n2Cc2ccccc2)C1. The minimum atomic E-state index is -3.57. The van der Waals surface area contributed by atoms with E-state index in [4.69, 9.17) is 4.74 Å². The zero-order valence-electron chi connectivity index (χ0n) is 17.8. The first-order valence-electron chi connectivity index (χ1n) is 10.5. The van der Waals surface area contributed by atoms with Crippen LogP contribution in [0.15, 0.2) is 41.7 Å². The molecule has 0 unspecified atom stereocenters. The molecule has 7 nitrogen and oxygen atoms in total. The summed E-state index contributed by atoms with van der Waals surface area (Å²) >= 11 is 0. The van der Waals surface area contributed by atoms with Crippen molar-refractivity contribution in [1.29, 1.82) is 0 Å². The van der Waals surface area contributed by atoms with E-state index in [9.17, 15) is 13.2 Å². The molecule has 1 atom stereocenters. The van der Waals surface area contributed by atoms with Gasteiger partial charge in [-0.1, -0.05) is 37.3 Å². The summed E-state index contributed by atoms with van der Waals surface area (Å²) in [5, 5.41) is 0.0802. The third-order valence-electron chi connectivity index (χ3n) is 5.61. The molecule has 3 rings (SSSR count). The summed E-state index contributed by atoms with van der Waals surface area (Å²) < 4.78 is 32.5. The van der Waals surface area contributed by atoms with Crippen LogP contribution >= 0.6 is 0 Å². The smallest absolute Gasteiger partial charge is 0.228 e. The molecule has 2 aromatic rings. The van der Waals surface area contributed by atoms with Crippen LogP contribution in [-0.4, -0.2) is 61.2 Å². The first-order valence-corrected chi connectivity index (χ1v) is 12.1. The highest BCUT2D eigenvalue weighted by Gasteiger charge is 2.27. The molecule has 0 radical (unpaired) electrons. The maximum Gasteiger partial charge on any atom is 0.228 e. The molecule has 1 aliphatic rings. The number of ketones is 1. The van der Waals surface area contributed by atoms with Crippen LogP contribution in [0.25, 0.3) is 0 Å². The highest BCUT2D eigenvalue weighted by atomic mass is 32.2. The minimum Gasteiger partial charge on any atom is -0.384 e. The lowest BCUT2D eigenvalue weighted by Crippen LogP contribution is -2.38. The summed E-state index contributed by atoms with van der Waals surface area (Å²) in [5.41, 5.74) is 1.86. The Balaban J connectivity index is 1.87. The van der Waals surface area contributed by atoms with Crippen LogP contribution in [0.3, 0.4) is 0 Å². The van der Waals surface area contributed by atoms with E-state index in [1.54, 1.807) is 10.8 Å². The highest BCUT2D eigenvalue weighted by molar-refractivity contribution is 7.91. The summed E-state index contributed by atoms with van der Waals surface area (Å²) in [4.78, 5) is 18.7. The van der Waals surface area contributed by atoms with E-state index in [1.165, 1.54) is 7.11 Å². The third-order valence-corrected chi connectivity index (χ3v) is 7.20. The fraction of sp³-hybridized carbons (Fsp3) is 0.545. The molecule has 164 valence electrons. The molecule has 1 aliphatic heterocycles. The molecule has 0 bridgehead atoms. The number of carbonyl (C=O) groups excluding carboxylic acids is 1. The van der Waals surface area contributed by atoms with Gasteiger partial charge in [-0.15, -0.1) is 0 Å². The predicted molar refractivity (Wildman–Crippen MR) is 115 cm³/mol. The lowest BCUT2D eigenvalue weighted by molar-refractivity contribution is -0.124. The van der Waals surface area contributed by atoms with Crippen molar-refractivity contribution in [3.8, 4) is 0 Å². The van der Waals surface area contributed by atoms with Crippen LogP contribution < -0.4 is 0 Å². The highest BCUT2D eigenvalue weighted by Crippen LogP contribution is 2.22. The van der Waals surface area contributed by atoms with Gasteiger partial charge in [0, 0.05) is 32.5 Å². The summed E-state index contributed by atoms with van der Waals surface area (Å²) in [6.45, 7) is 4.66. The minimum absolute atomic E-state index is 0.0687. The average Bonchev–Trinajstić information content (AvgIpc) is 3.15. The Morgan fingerprint density at radius 3 is 2.70 bits per heavy atom. The van der Waals surface area contributed by atoms with Crippen LogP contribution in [0.2, 0.25) is 0 Å². The molecule has 0 saturated carbocycles. The molecular formula is C22H31N3O4S. The van der Waals surface area contributed by atoms with E-state index in [0.717, 1.165) is 37.2 Å². The lowest BCUT2D eigenvalue weighted by Gasteiger charge is -2.32. The van der Waals surface area contributed by atoms with Gasteiger partial charge in [-0.2, -0.15) is 0 Å². The van der Waals surface area contributed by atoms with E-state index in [1.807, 2.05) is 37.3 Å². The Labute approximate surface area is 179 Å². The van der Waals surface area contributed by atoms with Gasteiger partial charge in [-0.3, -0.25) is 9.69 Å². The van der Waals surface area contributed by atoms with Crippen molar-refractivity contribution in [1.82, 2.24) is 14.5 Å². The van der Waals surface area contributed by atoms with Crippen molar-refractivity contribution >= 4 is 15.6 Å². The van der Waals surface area contributed by atoms with Crippen LogP contribution in [-0.2, 0) is 32.5 Å². The Kier molecular flexibility index (Phi) is 7.80. The Morgan fingerprint density at radius 2 is 2.00 bits per heavy atom. The van der Waals surface area contributed by atoms with E-state index in [-0.39, 0.29) is 23.4 Å². The van der Waals surface area contributed by atoms with Gasteiger partial charge in [0.25, 0.3) is 0 Å². The number of aromatic nitrogens is 2. The monoisotopic (exact) mass is 433 g/mol. The second-order valence-electron chi connectivity index (χ2n) is 7.81. The number of likely N-dealkylation sites (tertiary alicyclic amines) is 1. The number of nitrogens with zero attached hydrogens (tertiary/aromatic N) is 3. The Bertz CT molecular complexity index is 941. The summed E-state index contributed by atoms with van der Waals surface area (Å²) in [6, 6.07) is 9.78. The molecule has 0 amide bonds. The van der Waals surface area contributed by atoms with Gasteiger partial charge in [0.2, 0.25) is 15.0 Å². The summed E-state index contributed by atoms with van der Waals surface area (Å²) in [6.07, 6.45) is 4.13. The molecule has 1 aromatic heterocycles. The van der Waals surface area contributed by atoms with Crippen LogP contribution in [0.1, 0.15) is 37.4 Å². The Morgan fingerprint density at radius 1 is 1.23 bits per heavy atom. The van der Waals surface area contributed by atoms with Crippen molar-refractivity contribution in [3.05, 3.63) is 47.8 Å². The van der Waals surface area contributed by atoms with Gasteiger partial charge in [-0.05, 0) is 24.9 Å². The summed E-state index contributed by atoms with van der Waals surface area (Å²) in [7, 11) is -2.08. The number of sulfone groups is 1. The van der Waals surface area contributed by atoms with E-state index >= 15 is 0 Å². The number of hydrogen-bond acceptors (Lipinski definition) is 6. The van der Waals surface area contributed by atoms with Crippen LogP contribution in [0.4, 0.5) is 0 Å². The average molecular weight is 434 g/mol. The maximum absolute atomic E-state index is 12.9. The molecule has 1 fully saturated rings. The number of imidazole rings is 1. The largest absolute Gasteiger partial charge is 0.384 e. The van der Waals surface area contributed by atoms with Gasteiger partial charge in [0.05, 0.1) is 30.8 Å². The second kappa shape index (κ2) is 10.3. The van der Waals surface area contributed by atoms with Gasteiger partial charge in [-0.25, -0.2) is 13.4 Å². The molecule has 0 N–H and O–H groups in total. The van der Waals surface area contributed by atoms with Crippen molar-refractivity contribution < 1.29 is 17.9 Å². The van der Waals surface area contributed by atoms with Crippen molar-refractivity contribution in [3.63, 3.8) is 0 Å². The number of carbonyl (C=O) groups is 1. The first-order chi connectivity index (χ1) is 14.4. The maximum atomic E-state index is 12.9. The van der Waals surface area contributed by atoms with E-state index in [0.29, 0.717) is 25.3 Å². The van der Waals surface area contributed by atoms with Crippen LogP contribution in [0.5, 0.6) is 0 Å². The molecule has 0 aliphatic carbocycles. The normalized spacial score (nSPS) is 17.9. The van der Waals surface area contributed by atoms with Crippen molar-refractivity contribution in [2.75, 3.05) is 32.6 Å². The predicted octanol–water partition coefficient (Wildman–Crippen LogP) is 2.54. The first kappa shape index (κ1) is 22.7. The Hall–Kier alpha value is -2.03.